The lowest BCUT2D eigenvalue weighted by molar-refractivity contribution is 0.222. The quantitative estimate of drug-likeness (QED) is 0.744. The van der Waals surface area contributed by atoms with Crippen LogP contribution in [0.2, 0.25) is 0 Å². The van der Waals surface area contributed by atoms with Gasteiger partial charge in [0.15, 0.2) is 0 Å². The Hall–Kier alpha value is -2.20. The number of aromatic nitrogens is 3. The summed E-state index contributed by atoms with van der Waals surface area (Å²) in [5.41, 5.74) is 2.53. The number of hydrogen-bond donors (Lipinski definition) is 1. The summed E-state index contributed by atoms with van der Waals surface area (Å²) in [7, 11) is 1.83. The van der Waals surface area contributed by atoms with Crippen LogP contribution in [0.4, 0.5) is 0 Å². The summed E-state index contributed by atoms with van der Waals surface area (Å²) < 4.78 is 1.68. The van der Waals surface area contributed by atoms with Crippen LogP contribution in [0.15, 0.2) is 48.9 Å². The Bertz CT molecular complexity index is 685. The Labute approximate surface area is 105 Å². The lowest BCUT2D eigenvalue weighted by Gasteiger charge is -2.11. The van der Waals surface area contributed by atoms with Crippen molar-refractivity contribution in [3.63, 3.8) is 0 Å². The number of hydrogen-bond acceptors (Lipinski definition) is 3. The zero-order valence-corrected chi connectivity index (χ0v) is 9.99. The Morgan fingerprint density at radius 1 is 1.22 bits per heavy atom. The van der Waals surface area contributed by atoms with Crippen LogP contribution in [0.3, 0.4) is 0 Å². The highest BCUT2D eigenvalue weighted by molar-refractivity contribution is 5.82. The van der Waals surface area contributed by atoms with Crippen LogP contribution in [-0.2, 0) is 7.05 Å². The molecule has 0 saturated carbocycles. The first-order valence-corrected chi connectivity index (χ1v) is 5.76. The smallest absolute Gasteiger partial charge is 0.108 e. The van der Waals surface area contributed by atoms with E-state index in [-0.39, 0.29) is 0 Å². The molecule has 0 saturated heterocycles. The Kier molecular flexibility index (Phi) is 2.57. The number of aliphatic hydroxyl groups excluding tert-OH is 1. The molecule has 0 fully saturated rings. The van der Waals surface area contributed by atoms with E-state index in [1.807, 2.05) is 43.6 Å². The molecule has 4 heteroatoms. The van der Waals surface area contributed by atoms with E-state index in [2.05, 4.69) is 10.1 Å². The number of rotatable bonds is 2. The molecular formula is C14H13N3O. The molecule has 0 aliphatic rings. The van der Waals surface area contributed by atoms with E-state index in [9.17, 15) is 5.11 Å². The van der Waals surface area contributed by atoms with Crippen molar-refractivity contribution in [1.82, 2.24) is 14.8 Å². The number of aryl methyl sites for hydroxylation is 1. The van der Waals surface area contributed by atoms with Crippen LogP contribution in [0.1, 0.15) is 17.2 Å². The molecule has 4 nitrogen and oxygen atoms in total. The van der Waals surface area contributed by atoms with Crippen molar-refractivity contribution >= 4 is 10.9 Å². The molecule has 3 rings (SSSR count). The summed E-state index contributed by atoms with van der Waals surface area (Å²) in [5.74, 6) is 0. The summed E-state index contributed by atoms with van der Waals surface area (Å²) in [6.45, 7) is 0. The zero-order chi connectivity index (χ0) is 12.5. The maximum absolute atomic E-state index is 10.4. The minimum Gasteiger partial charge on any atom is -0.384 e. The topological polar surface area (TPSA) is 50.9 Å². The van der Waals surface area contributed by atoms with Gasteiger partial charge in [-0.25, -0.2) is 0 Å². The Morgan fingerprint density at radius 3 is 2.89 bits per heavy atom. The molecule has 0 radical (unpaired) electrons. The van der Waals surface area contributed by atoms with Gasteiger partial charge in [-0.15, -0.1) is 0 Å². The molecule has 3 aromatic rings. The minimum absolute atomic E-state index is 0.674. The third-order valence-corrected chi connectivity index (χ3v) is 3.01. The van der Waals surface area contributed by atoms with Gasteiger partial charge in [0.05, 0.1) is 11.7 Å². The average Bonchev–Trinajstić information content (AvgIpc) is 2.84. The number of aliphatic hydroxyl groups is 1. The number of benzene rings is 1. The molecule has 0 aliphatic heterocycles. The van der Waals surface area contributed by atoms with Gasteiger partial charge in [-0.05, 0) is 17.7 Å². The van der Waals surface area contributed by atoms with Crippen molar-refractivity contribution in [3.05, 3.63) is 60.0 Å². The molecule has 1 aromatic carbocycles. The standard InChI is InChI=1S/C14H13N3O/c1-17-9-10(8-16-17)14(18)12-4-2-6-13-11(12)5-3-7-15-13/h2-9,14,18H,1H3. The van der Waals surface area contributed by atoms with Gasteiger partial charge in [0.2, 0.25) is 0 Å². The summed E-state index contributed by atoms with van der Waals surface area (Å²) >= 11 is 0. The molecule has 1 N–H and O–H groups in total. The SMILES string of the molecule is Cn1cc(C(O)c2cccc3ncccc23)cn1. The van der Waals surface area contributed by atoms with Crippen LogP contribution in [0.25, 0.3) is 10.9 Å². The third-order valence-electron chi connectivity index (χ3n) is 3.01. The van der Waals surface area contributed by atoms with Crippen molar-refractivity contribution < 1.29 is 5.11 Å². The lowest BCUT2D eigenvalue weighted by Crippen LogP contribution is -1.99. The fourth-order valence-electron chi connectivity index (χ4n) is 2.13. The van der Waals surface area contributed by atoms with Gasteiger partial charge in [0.25, 0.3) is 0 Å². The molecule has 2 aromatic heterocycles. The summed E-state index contributed by atoms with van der Waals surface area (Å²) in [5, 5.41) is 15.5. The molecule has 0 aliphatic carbocycles. The van der Waals surface area contributed by atoms with E-state index in [0.717, 1.165) is 22.0 Å². The summed E-state index contributed by atoms with van der Waals surface area (Å²) in [6.07, 6.45) is 4.58. The normalized spacial score (nSPS) is 12.8. The van der Waals surface area contributed by atoms with E-state index in [0.29, 0.717) is 0 Å². The molecule has 0 amide bonds. The van der Waals surface area contributed by atoms with E-state index < -0.39 is 6.10 Å². The van der Waals surface area contributed by atoms with E-state index >= 15 is 0 Å². The second kappa shape index (κ2) is 4.23. The third kappa shape index (κ3) is 1.76. The van der Waals surface area contributed by atoms with Crippen LogP contribution in [-0.4, -0.2) is 19.9 Å². The van der Waals surface area contributed by atoms with Gasteiger partial charge in [0, 0.05) is 30.4 Å². The van der Waals surface area contributed by atoms with E-state index in [4.69, 9.17) is 0 Å². The molecule has 0 bridgehead atoms. The predicted octanol–water partition coefficient (Wildman–Crippen LogP) is 2.05. The molecule has 1 atom stereocenters. The first kappa shape index (κ1) is 10.9. The van der Waals surface area contributed by atoms with Crippen LogP contribution < -0.4 is 0 Å². The monoisotopic (exact) mass is 239 g/mol. The van der Waals surface area contributed by atoms with Crippen molar-refractivity contribution in [2.24, 2.45) is 7.05 Å². The Morgan fingerprint density at radius 2 is 2.11 bits per heavy atom. The van der Waals surface area contributed by atoms with Crippen molar-refractivity contribution in [3.8, 4) is 0 Å². The van der Waals surface area contributed by atoms with Crippen LogP contribution >= 0.6 is 0 Å². The average molecular weight is 239 g/mol. The molecular weight excluding hydrogens is 226 g/mol. The fourth-order valence-corrected chi connectivity index (χ4v) is 2.13. The highest BCUT2D eigenvalue weighted by Gasteiger charge is 2.14. The van der Waals surface area contributed by atoms with Crippen LogP contribution in [0, 0.1) is 0 Å². The van der Waals surface area contributed by atoms with Crippen molar-refractivity contribution in [2.75, 3.05) is 0 Å². The highest BCUT2D eigenvalue weighted by Crippen LogP contribution is 2.27. The second-order valence-electron chi connectivity index (χ2n) is 4.27. The maximum Gasteiger partial charge on any atom is 0.108 e. The minimum atomic E-state index is -0.674. The van der Waals surface area contributed by atoms with Gasteiger partial charge < -0.3 is 5.11 Å². The summed E-state index contributed by atoms with van der Waals surface area (Å²) in [6, 6.07) is 9.61. The second-order valence-corrected chi connectivity index (χ2v) is 4.27. The lowest BCUT2D eigenvalue weighted by atomic mass is 10.00. The Balaban J connectivity index is 2.14. The molecule has 2 heterocycles. The van der Waals surface area contributed by atoms with E-state index in [1.165, 1.54) is 0 Å². The van der Waals surface area contributed by atoms with E-state index in [1.54, 1.807) is 17.1 Å². The molecule has 1 unspecified atom stereocenters. The van der Waals surface area contributed by atoms with Crippen molar-refractivity contribution in [1.29, 1.82) is 0 Å². The van der Waals surface area contributed by atoms with Gasteiger partial charge in [-0.2, -0.15) is 5.10 Å². The summed E-state index contributed by atoms with van der Waals surface area (Å²) in [4.78, 5) is 4.29. The van der Waals surface area contributed by atoms with Crippen molar-refractivity contribution in [2.45, 2.75) is 6.10 Å². The number of nitrogens with zero attached hydrogens (tertiary/aromatic N) is 3. The first-order chi connectivity index (χ1) is 8.75. The predicted molar refractivity (Wildman–Crippen MR) is 69.0 cm³/mol. The molecule has 0 spiro atoms. The van der Waals surface area contributed by atoms with Gasteiger partial charge in [-0.3, -0.25) is 9.67 Å². The zero-order valence-electron chi connectivity index (χ0n) is 9.99. The largest absolute Gasteiger partial charge is 0.384 e. The number of fused-ring (bicyclic) bond motifs is 1. The fraction of sp³-hybridized carbons (Fsp3) is 0.143. The molecule has 90 valence electrons. The molecule has 18 heavy (non-hydrogen) atoms. The first-order valence-electron chi connectivity index (χ1n) is 5.76. The van der Waals surface area contributed by atoms with Gasteiger partial charge in [0.1, 0.15) is 6.10 Å². The number of pyridine rings is 1. The van der Waals surface area contributed by atoms with Crippen LogP contribution in [0.5, 0.6) is 0 Å². The van der Waals surface area contributed by atoms with Gasteiger partial charge >= 0.3 is 0 Å². The van der Waals surface area contributed by atoms with Gasteiger partial charge in [-0.1, -0.05) is 18.2 Å². The highest BCUT2D eigenvalue weighted by atomic mass is 16.3. The maximum atomic E-state index is 10.4.